The van der Waals surface area contributed by atoms with Gasteiger partial charge >= 0.3 is 0 Å². The number of carbonyl (C=O) groups is 1. The minimum absolute atomic E-state index is 0.171. The molecule has 1 amide bonds. The third-order valence-electron chi connectivity index (χ3n) is 7.25. The maximum absolute atomic E-state index is 13.4. The molecule has 2 aliphatic rings. The fourth-order valence-electron chi connectivity index (χ4n) is 5.48. The van der Waals surface area contributed by atoms with Crippen molar-refractivity contribution in [3.8, 4) is 5.75 Å². The molecule has 2 saturated carbocycles. The Balaban J connectivity index is 1.38. The van der Waals surface area contributed by atoms with Gasteiger partial charge in [0.2, 0.25) is 5.91 Å². The van der Waals surface area contributed by atoms with Crippen LogP contribution in [0.25, 0.3) is 0 Å². The summed E-state index contributed by atoms with van der Waals surface area (Å²) < 4.78 is 7.67. The number of rotatable bonds is 9. The molecule has 2 aliphatic carbocycles. The molecule has 0 spiro atoms. The molecule has 0 atom stereocenters. The molecule has 1 heterocycles. The summed E-state index contributed by atoms with van der Waals surface area (Å²) in [6.45, 7) is 0.670. The number of carbonyl (C=O) groups excluding carboxylic acids is 1. The van der Waals surface area contributed by atoms with E-state index in [9.17, 15) is 4.79 Å². The first kappa shape index (κ1) is 23.1. The van der Waals surface area contributed by atoms with E-state index in [2.05, 4.69) is 38.5 Å². The Kier molecular flexibility index (Phi) is 7.76. The van der Waals surface area contributed by atoms with Gasteiger partial charge in [-0.05, 0) is 56.1 Å². The third kappa shape index (κ3) is 4.82. The highest BCUT2D eigenvalue weighted by atomic mass is 32.2. The zero-order valence-electron chi connectivity index (χ0n) is 19.4. The number of aromatic nitrogens is 3. The van der Waals surface area contributed by atoms with E-state index in [1.165, 1.54) is 32.1 Å². The molecule has 0 bridgehead atoms. The first-order valence-electron chi connectivity index (χ1n) is 12.1. The van der Waals surface area contributed by atoms with E-state index in [1.54, 1.807) is 18.9 Å². The Hall–Kier alpha value is -2.02. The van der Waals surface area contributed by atoms with Crippen LogP contribution in [-0.4, -0.2) is 40.6 Å². The Morgan fingerprint density at radius 1 is 1.12 bits per heavy atom. The van der Waals surface area contributed by atoms with Gasteiger partial charge < -0.3 is 14.6 Å². The quantitative estimate of drug-likeness (QED) is 0.421. The molecule has 2 fully saturated rings. The first-order valence-corrected chi connectivity index (χ1v) is 13.3. The van der Waals surface area contributed by atoms with Gasteiger partial charge in [-0.15, -0.1) is 10.2 Å². The largest absolute Gasteiger partial charge is 0.497 e. The van der Waals surface area contributed by atoms with Crippen LogP contribution >= 0.6 is 11.8 Å². The number of benzene rings is 1. The molecule has 1 aromatic carbocycles. The molecule has 4 rings (SSSR count). The molecule has 0 saturated heterocycles. The number of hydrogen-bond donors (Lipinski definition) is 1. The van der Waals surface area contributed by atoms with Crippen LogP contribution in [0.5, 0.6) is 5.75 Å². The number of nitrogens with one attached hydrogen (secondary N) is 1. The smallest absolute Gasteiger partial charge is 0.230 e. The van der Waals surface area contributed by atoms with Gasteiger partial charge in [0.1, 0.15) is 11.6 Å². The first-order chi connectivity index (χ1) is 15.7. The Bertz CT molecular complexity index is 884. The fourth-order valence-corrected chi connectivity index (χ4v) is 6.05. The lowest BCUT2D eigenvalue weighted by atomic mass is 9.68. The summed E-state index contributed by atoms with van der Waals surface area (Å²) in [7, 11) is 1.67. The van der Waals surface area contributed by atoms with Gasteiger partial charge in [-0.1, -0.05) is 56.0 Å². The fraction of sp³-hybridized carbons (Fsp3) is 0.640. The minimum Gasteiger partial charge on any atom is -0.497 e. The minimum atomic E-state index is -0.416. The number of hydrogen-bond acceptors (Lipinski definition) is 5. The summed E-state index contributed by atoms with van der Waals surface area (Å²) >= 11 is 1.68. The van der Waals surface area contributed by atoms with Crippen molar-refractivity contribution in [2.24, 2.45) is 0 Å². The number of methoxy groups -OCH3 is 1. The zero-order chi connectivity index (χ0) is 22.4. The molecular formula is C25H36N4O2S. The molecule has 2 aromatic rings. The Morgan fingerprint density at radius 2 is 1.84 bits per heavy atom. The van der Waals surface area contributed by atoms with Crippen LogP contribution in [-0.2, 0) is 16.6 Å². The van der Waals surface area contributed by atoms with E-state index in [4.69, 9.17) is 4.74 Å². The van der Waals surface area contributed by atoms with Crippen molar-refractivity contribution in [1.29, 1.82) is 0 Å². The molecule has 0 radical (unpaired) electrons. The van der Waals surface area contributed by atoms with Gasteiger partial charge in [-0.3, -0.25) is 4.79 Å². The van der Waals surface area contributed by atoms with Gasteiger partial charge in [-0.25, -0.2) is 0 Å². The second-order valence-corrected chi connectivity index (χ2v) is 9.92. The zero-order valence-corrected chi connectivity index (χ0v) is 20.3. The lowest BCUT2D eigenvalue weighted by Gasteiger charge is -2.36. The highest BCUT2D eigenvalue weighted by Crippen LogP contribution is 2.40. The molecule has 6 nitrogen and oxygen atoms in total. The second-order valence-electron chi connectivity index (χ2n) is 9.14. The van der Waals surface area contributed by atoms with Crippen LogP contribution < -0.4 is 10.1 Å². The van der Waals surface area contributed by atoms with Crippen molar-refractivity contribution < 1.29 is 9.53 Å². The molecular weight excluding hydrogens is 420 g/mol. The molecule has 0 unspecified atom stereocenters. The number of thioether (sulfide) groups is 1. The van der Waals surface area contributed by atoms with Crippen LogP contribution in [0.4, 0.5) is 0 Å². The molecule has 32 heavy (non-hydrogen) atoms. The number of nitrogens with zero attached hydrogens (tertiary/aromatic N) is 3. The number of aryl methyl sites for hydroxylation is 1. The molecule has 174 valence electrons. The average molecular weight is 457 g/mol. The summed E-state index contributed by atoms with van der Waals surface area (Å²) in [5.74, 6) is 2.07. The van der Waals surface area contributed by atoms with Crippen LogP contribution in [0, 0.1) is 0 Å². The lowest BCUT2D eigenvalue weighted by Crippen LogP contribution is -2.46. The van der Waals surface area contributed by atoms with E-state index in [0.29, 0.717) is 12.6 Å². The van der Waals surface area contributed by atoms with Crippen LogP contribution in [0.2, 0.25) is 0 Å². The van der Waals surface area contributed by atoms with Gasteiger partial charge in [0.05, 0.1) is 12.5 Å². The van der Waals surface area contributed by atoms with E-state index in [1.807, 2.05) is 12.1 Å². The molecule has 7 heteroatoms. The van der Waals surface area contributed by atoms with Crippen LogP contribution in [0.15, 0.2) is 29.4 Å². The van der Waals surface area contributed by atoms with Gasteiger partial charge in [-0.2, -0.15) is 0 Å². The van der Waals surface area contributed by atoms with Crippen molar-refractivity contribution in [3.05, 3.63) is 35.7 Å². The van der Waals surface area contributed by atoms with Crippen molar-refractivity contribution in [2.45, 2.75) is 87.2 Å². The monoisotopic (exact) mass is 456 g/mol. The van der Waals surface area contributed by atoms with E-state index < -0.39 is 5.41 Å². The summed E-state index contributed by atoms with van der Waals surface area (Å²) in [6, 6.07) is 8.61. The summed E-state index contributed by atoms with van der Waals surface area (Å²) in [6.07, 6.45) is 14.1. The predicted molar refractivity (Wildman–Crippen MR) is 128 cm³/mol. The highest BCUT2D eigenvalue weighted by Gasteiger charge is 2.40. The van der Waals surface area contributed by atoms with Crippen LogP contribution in [0.3, 0.4) is 0 Å². The van der Waals surface area contributed by atoms with E-state index >= 15 is 0 Å². The average Bonchev–Trinajstić information content (AvgIpc) is 3.51. The SMILES string of the molecule is COc1ccc(C2(C(=O)NCCCc3nnc(SC)n3C3CCCC3)CCCCC2)cc1. The predicted octanol–water partition coefficient (Wildman–Crippen LogP) is 5.07. The van der Waals surface area contributed by atoms with Crippen LogP contribution in [0.1, 0.15) is 81.6 Å². The third-order valence-corrected chi connectivity index (χ3v) is 7.90. The van der Waals surface area contributed by atoms with Gasteiger partial charge in [0, 0.05) is 19.0 Å². The van der Waals surface area contributed by atoms with Crippen molar-refractivity contribution >= 4 is 17.7 Å². The molecule has 1 aromatic heterocycles. The van der Waals surface area contributed by atoms with Crippen molar-refractivity contribution in [3.63, 3.8) is 0 Å². The maximum Gasteiger partial charge on any atom is 0.230 e. The highest BCUT2D eigenvalue weighted by molar-refractivity contribution is 7.98. The number of ether oxygens (including phenoxy) is 1. The number of amides is 1. The van der Waals surface area contributed by atoms with Gasteiger partial charge in [0.15, 0.2) is 5.16 Å². The van der Waals surface area contributed by atoms with Gasteiger partial charge in [0.25, 0.3) is 0 Å². The summed E-state index contributed by atoms with van der Waals surface area (Å²) in [5, 5.41) is 13.2. The van der Waals surface area contributed by atoms with E-state index in [-0.39, 0.29) is 5.91 Å². The molecule has 0 aliphatic heterocycles. The Morgan fingerprint density at radius 3 is 2.50 bits per heavy atom. The Labute approximate surface area is 195 Å². The summed E-state index contributed by atoms with van der Waals surface area (Å²) in [5.41, 5.74) is 0.696. The lowest BCUT2D eigenvalue weighted by molar-refractivity contribution is -0.128. The van der Waals surface area contributed by atoms with Crippen molar-refractivity contribution in [2.75, 3.05) is 19.9 Å². The summed E-state index contributed by atoms with van der Waals surface area (Å²) in [4.78, 5) is 13.4. The van der Waals surface area contributed by atoms with E-state index in [0.717, 1.165) is 60.8 Å². The second kappa shape index (κ2) is 10.7. The topological polar surface area (TPSA) is 69.0 Å². The standard InChI is InChI=1S/C25H36N4O2S/c1-31-21-14-12-19(13-15-21)25(16-6-3-7-17-25)23(30)26-18-8-11-22-27-28-24(32-2)29(22)20-9-4-5-10-20/h12-15,20H,3-11,16-18H2,1-2H3,(H,26,30). The van der Waals surface area contributed by atoms with Crippen molar-refractivity contribution in [1.82, 2.24) is 20.1 Å². The maximum atomic E-state index is 13.4. The molecule has 1 N–H and O–H groups in total. The normalized spacial score (nSPS) is 18.6.